The molecular formula is C17H17N4O4-. The van der Waals surface area contributed by atoms with E-state index >= 15 is 0 Å². The number of carboxylic acids is 1. The summed E-state index contributed by atoms with van der Waals surface area (Å²) in [5, 5.41) is 21.4. The van der Waals surface area contributed by atoms with Gasteiger partial charge < -0.3 is 14.6 Å². The molecule has 8 nitrogen and oxygen atoms in total. The second kappa shape index (κ2) is 7.61. The molecule has 0 unspecified atom stereocenters. The van der Waals surface area contributed by atoms with Gasteiger partial charge in [0.2, 0.25) is 0 Å². The topological polar surface area (TPSA) is 120 Å². The predicted octanol–water partition coefficient (Wildman–Crippen LogP) is 0.181. The monoisotopic (exact) mass is 341 g/mol. The molecule has 1 heterocycles. The van der Waals surface area contributed by atoms with Crippen LogP contribution >= 0.6 is 0 Å². The molecule has 2 N–H and O–H groups in total. The fourth-order valence-electron chi connectivity index (χ4n) is 2.74. The second-order valence-corrected chi connectivity index (χ2v) is 5.63. The first kappa shape index (κ1) is 16.7. The first-order valence-corrected chi connectivity index (χ1v) is 7.96. The van der Waals surface area contributed by atoms with Crippen LogP contribution in [0, 0.1) is 0 Å². The van der Waals surface area contributed by atoms with Gasteiger partial charge in [-0.05, 0) is 37.8 Å². The molecule has 0 aliphatic heterocycles. The first-order chi connectivity index (χ1) is 12.1. The molecule has 0 saturated heterocycles. The average molecular weight is 341 g/mol. The first-order valence-electron chi connectivity index (χ1n) is 7.96. The number of carboxylic acid groups (broad SMARTS) is 1. The number of aromatic amines is 1. The zero-order valence-corrected chi connectivity index (χ0v) is 13.4. The fraction of sp³-hybridized carbons (Fsp3) is 0.294. The largest absolute Gasteiger partial charge is 0.546 e. The quantitative estimate of drug-likeness (QED) is 0.574. The minimum Gasteiger partial charge on any atom is -0.546 e. The van der Waals surface area contributed by atoms with E-state index in [0.717, 1.165) is 36.9 Å². The van der Waals surface area contributed by atoms with E-state index < -0.39 is 12.6 Å². The molecule has 0 atom stereocenters. The van der Waals surface area contributed by atoms with Gasteiger partial charge in [-0.15, -0.1) is 0 Å². The summed E-state index contributed by atoms with van der Waals surface area (Å²) in [5.74, 6) is -1.37. The van der Waals surface area contributed by atoms with E-state index in [4.69, 9.17) is 4.74 Å². The SMILES string of the molecule is O=C([O-])COc1ccccc1/C=N/NC(=O)c1n[nH]c2c1CCCC2. The van der Waals surface area contributed by atoms with E-state index in [1.807, 2.05) is 0 Å². The van der Waals surface area contributed by atoms with Crippen LogP contribution in [0.2, 0.25) is 0 Å². The number of rotatable bonds is 6. The highest BCUT2D eigenvalue weighted by Crippen LogP contribution is 2.22. The van der Waals surface area contributed by atoms with Crippen LogP contribution in [-0.4, -0.2) is 34.9 Å². The van der Waals surface area contributed by atoms with Gasteiger partial charge in [0.15, 0.2) is 5.69 Å². The third-order valence-electron chi connectivity index (χ3n) is 3.91. The average Bonchev–Trinajstić information content (AvgIpc) is 3.05. The zero-order chi connectivity index (χ0) is 17.6. The van der Waals surface area contributed by atoms with Gasteiger partial charge in [0, 0.05) is 16.8 Å². The number of aliphatic carboxylic acids is 1. The van der Waals surface area contributed by atoms with Crippen LogP contribution in [-0.2, 0) is 17.6 Å². The summed E-state index contributed by atoms with van der Waals surface area (Å²) in [7, 11) is 0. The van der Waals surface area contributed by atoms with Crippen molar-refractivity contribution >= 4 is 18.1 Å². The van der Waals surface area contributed by atoms with Crippen molar-refractivity contribution in [3.8, 4) is 5.75 Å². The van der Waals surface area contributed by atoms with Crippen molar-refractivity contribution in [1.29, 1.82) is 0 Å². The maximum Gasteiger partial charge on any atom is 0.292 e. The highest BCUT2D eigenvalue weighted by Gasteiger charge is 2.21. The number of carbonyl (C=O) groups is 2. The minimum absolute atomic E-state index is 0.335. The predicted molar refractivity (Wildman–Crippen MR) is 87.2 cm³/mol. The number of aromatic nitrogens is 2. The third kappa shape index (κ3) is 4.03. The molecule has 8 heteroatoms. The minimum atomic E-state index is -1.32. The molecule has 0 radical (unpaired) electrons. The number of ether oxygens (including phenoxy) is 1. The number of nitrogens with one attached hydrogen (secondary N) is 2. The van der Waals surface area contributed by atoms with Gasteiger partial charge in [-0.25, -0.2) is 5.43 Å². The zero-order valence-electron chi connectivity index (χ0n) is 13.4. The molecule has 0 bridgehead atoms. The van der Waals surface area contributed by atoms with Gasteiger partial charge in [0.25, 0.3) is 5.91 Å². The second-order valence-electron chi connectivity index (χ2n) is 5.63. The molecule has 0 fully saturated rings. The van der Waals surface area contributed by atoms with Crippen molar-refractivity contribution in [1.82, 2.24) is 15.6 Å². The number of amides is 1. The fourth-order valence-corrected chi connectivity index (χ4v) is 2.74. The summed E-state index contributed by atoms with van der Waals surface area (Å²) < 4.78 is 5.12. The number of hydrogen-bond acceptors (Lipinski definition) is 6. The van der Waals surface area contributed by atoms with Gasteiger partial charge in [-0.1, -0.05) is 12.1 Å². The van der Waals surface area contributed by atoms with E-state index in [1.54, 1.807) is 24.3 Å². The number of fused-ring (bicyclic) bond motifs is 1. The maximum absolute atomic E-state index is 12.2. The van der Waals surface area contributed by atoms with E-state index in [9.17, 15) is 14.7 Å². The van der Waals surface area contributed by atoms with E-state index in [0.29, 0.717) is 17.0 Å². The van der Waals surface area contributed by atoms with Crippen LogP contribution in [0.1, 0.15) is 40.2 Å². The Balaban J connectivity index is 1.66. The third-order valence-corrected chi connectivity index (χ3v) is 3.91. The molecule has 1 aliphatic carbocycles. The summed E-state index contributed by atoms with van der Waals surface area (Å²) in [5.41, 5.74) is 5.31. The molecule has 0 saturated carbocycles. The van der Waals surface area contributed by atoms with E-state index in [2.05, 4.69) is 20.7 Å². The number of benzene rings is 1. The van der Waals surface area contributed by atoms with Crippen molar-refractivity contribution < 1.29 is 19.4 Å². The van der Waals surface area contributed by atoms with Crippen LogP contribution in [0.4, 0.5) is 0 Å². The van der Waals surface area contributed by atoms with Crippen molar-refractivity contribution in [3.63, 3.8) is 0 Å². The Hall–Kier alpha value is -3.16. The van der Waals surface area contributed by atoms with Gasteiger partial charge in [-0.2, -0.15) is 10.2 Å². The number of nitrogens with zero attached hydrogens (tertiary/aromatic N) is 2. The number of hydrazone groups is 1. The van der Waals surface area contributed by atoms with Crippen LogP contribution in [0.3, 0.4) is 0 Å². The van der Waals surface area contributed by atoms with Crippen LogP contribution in [0.25, 0.3) is 0 Å². The maximum atomic E-state index is 12.2. The van der Waals surface area contributed by atoms with E-state index in [-0.39, 0.29) is 5.91 Å². The van der Waals surface area contributed by atoms with Crippen LogP contribution in [0.5, 0.6) is 5.75 Å². The number of hydrogen-bond donors (Lipinski definition) is 2. The van der Waals surface area contributed by atoms with Gasteiger partial charge in [-0.3, -0.25) is 9.89 Å². The molecular weight excluding hydrogens is 324 g/mol. The number of carbonyl (C=O) groups excluding carboxylic acids is 2. The number of H-pyrrole nitrogens is 1. The lowest BCUT2D eigenvalue weighted by molar-refractivity contribution is -0.307. The summed E-state index contributed by atoms with van der Waals surface area (Å²) in [6, 6.07) is 6.75. The molecule has 1 aromatic heterocycles. The van der Waals surface area contributed by atoms with Gasteiger partial charge in [0.05, 0.1) is 12.2 Å². The number of aryl methyl sites for hydroxylation is 1. The Labute approximate surface area is 143 Å². The molecule has 3 rings (SSSR count). The summed E-state index contributed by atoms with van der Waals surface area (Å²) in [6.45, 7) is -0.559. The Morgan fingerprint density at radius 1 is 1.32 bits per heavy atom. The molecule has 25 heavy (non-hydrogen) atoms. The van der Waals surface area contributed by atoms with Crippen molar-refractivity contribution in [2.45, 2.75) is 25.7 Å². The summed E-state index contributed by atoms with van der Waals surface area (Å²) >= 11 is 0. The molecule has 1 aromatic carbocycles. The molecule has 2 aromatic rings. The van der Waals surface area contributed by atoms with E-state index in [1.165, 1.54) is 6.21 Å². The normalized spacial score (nSPS) is 13.4. The lowest BCUT2D eigenvalue weighted by atomic mass is 9.96. The molecule has 1 aliphatic rings. The Morgan fingerprint density at radius 3 is 2.96 bits per heavy atom. The smallest absolute Gasteiger partial charge is 0.292 e. The van der Waals surface area contributed by atoms with Crippen molar-refractivity contribution in [3.05, 3.63) is 46.8 Å². The Kier molecular flexibility index (Phi) is 5.08. The summed E-state index contributed by atoms with van der Waals surface area (Å²) in [4.78, 5) is 22.7. The standard InChI is InChI=1S/C17H18N4O4/c22-15(23)10-25-14-8-4-1-5-11(14)9-18-21-17(24)16-12-6-2-3-7-13(12)19-20-16/h1,4-5,8-9H,2-3,6-7,10H2,(H,19,20)(H,21,24)(H,22,23)/p-1/b18-9+. The molecule has 1 amide bonds. The lowest BCUT2D eigenvalue weighted by Crippen LogP contribution is -2.29. The van der Waals surface area contributed by atoms with Gasteiger partial charge >= 0.3 is 0 Å². The lowest BCUT2D eigenvalue weighted by Gasteiger charge is -2.10. The number of para-hydroxylation sites is 1. The molecule has 0 spiro atoms. The van der Waals surface area contributed by atoms with Gasteiger partial charge in [0.1, 0.15) is 12.4 Å². The van der Waals surface area contributed by atoms with Crippen LogP contribution < -0.4 is 15.3 Å². The summed E-state index contributed by atoms with van der Waals surface area (Å²) in [6.07, 6.45) is 5.26. The Bertz CT molecular complexity index is 813. The Morgan fingerprint density at radius 2 is 2.12 bits per heavy atom. The van der Waals surface area contributed by atoms with Crippen molar-refractivity contribution in [2.75, 3.05) is 6.61 Å². The van der Waals surface area contributed by atoms with Crippen molar-refractivity contribution in [2.24, 2.45) is 5.10 Å². The highest BCUT2D eigenvalue weighted by atomic mass is 16.5. The highest BCUT2D eigenvalue weighted by molar-refractivity contribution is 5.95. The van der Waals surface area contributed by atoms with Crippen LogP contribution in [0.15, 0.2) is 29.4 Å². The molecule has 130 valence electrons.